The fourth-order valence-corrected chi connectivity index (χ4v) is 6.69. The standard InChI is InChI=1S/C29H22N2O3S2/c1-3-34-28(33)25-17(2)30-29-31(26(25)23-13-8-14-35-23)27(32)24(36-29)16-22-20-11-6-4-9-18(20)15-19-10-5-7-12-21(19)22/h4-16,26H,3H2,1-2H3/b24-16-/t26-/m1/s1. The Balaban J connectivity index is 1.64. The van der Waals surface area contributed by atoms with Crippen molar-refractivity contribution in [1.82, 2.24) is 4.57 Å². The monoisotopic (exact) mass is 510 g/mol. The fraction of sp³-hybridized carbons (Fsp3) is 0.138. The van der Waals surface area contributed by atoms with Crippen LogP contribution in [0.15, 0.2) is 93.2 Å². The maximum atomic E-state index is 13.9. The predicted molar refractivity (Wildman–Crippen MR) is 146 cm³/mol. The Morgan fingerprint density at radius 1 is 1.06 bits per heavy atom. The lowest BCUT2D eigenvalue weighted by Gasteiger charge is -2.23. The Kier molecular flexibility index (Phi) is 5.66. The minimum atomic E-state index is -0.563. The van der Waals surface area contributed by atoms with Gasteiger partial charge in [-0.2, -0.15) is 0 Å². The molecule has 1 aliphatic heterocycles. The first kappa shape index (κ1) is 22.6. The first-order valence-corrected chi connectivity index (χ1v) is 13.4. The SMILES string of the molecule is CCOC(=O)C1=C(C)N=c2s/c(=C\c3c4ccccc4cc4ccccc34)c(=O)n2[C@@H]1c1cccs1. The number of esters is 1. The molecule has 2 aromatic heterocycles. The molecule has 3 aromatic carbocycles. The van der Waals surface area contributed by atoms with Crippen LogP contribution in [0.5, 0.6) is 0 Å². The van der Waals surface area contributed by atoms with E-state index in [-0.39, 0.29) is 12.2 Å². The molecule has 1 aliphatic rings. The Morgan fingerprint density at radius 3 is 2.39 bits per heavy atom. The zero-order valence-electron chi connectivity index (χ0n) is 19.7. The quantitative estimate of drug-likeness (QED) is 0.248. The van der Waals surface area contributed by atoms with Crippen molar-refractivity contribution >= 4 is 56.3 Å². The minimum absolute atomic E-state index is 0.163. The molecule has 0 spiro atoms. The second kappa shape index (κ2) is 9.00. The van der Waals surface area contributed by atoms with Gasteiger partial charge < -0.3 is 4.74 Å². The fourth-order valence-electron chi connectivity index (χ4n) is 4.84. The topological polar surface area (TPSA) is 60.7 Å². The molecular weight excluding hydrogens is 488 g/mol. The maximum absolute atomic E-state index is 13.9. The number of hydrogen-bond donors (Lipinski definition) is 0. The highest BCUT2D eigenvalue weighted by Gasteiger charge is 2.33. The summed E-state index contributed by atoms with van der Waals surface area (Å²) in [5, 5.41) is 6.35. The van der Waals surface area contributed by atoms with Crippen LogP contribution in [-0.4, -0.2) is 17.1 Å². The summed E-state index contributed by atoms with van der Waals surface area (Å²) in [7, 11) is 0. The van der Waals surface area contributed by atoms with E-state index in [1.54, 1.807) is 11.5 Å². The molecule has 5 aromatic rings. The van der Waals surface area contributed by atoms with Gasteiger partial charge in [-0.25, -0.2) is 9.79 Å². The van der Waals surface area contributed by atoms with Crippen LogP contribution in [0.4, 0.5) is 0 Å². The van der Waals surface area contributed by atoms with Gasteiger partial charge in [0.15, 0.2) is 4.80 Å². The third kappa shape index (κ3) is 3.63. The molecule has 0 saturated carbocycles. The Morgan fingerprint density at radius 2 is 1.75 bits per heavy atom. The van der Waals surface area contributed by atoms with E-state index < -0.39 is 12.0 Å². The molecule has 0 saturated heterocycles. The van der Waals surface area contributed by atoms with E-state index in [9.17, 15) is 9.59 Å². The lowest BCUT2D eigenvalue weighted by molar-refractivity contribution is -0.139. The summed E-state index contributed by atoms with van der Waals surface area (Å²) in [6.07, 6.45) is 1.98. The number of carbonyl (C=O) groups is 1. The van der Waals surface area contributed by atoms with Gasteiger partial charge in [0.25, 0.3) is 5.56 Å². The number of hydrogen-bond acceptors (Lipinski definition) is 6. The van der Waals surface area contributed by atoms with Gasteiger partial charge in [-0.3, -0.25) is 9.36 Å². The van der Waals surface area contributed by atoms with Crippen molar-refractivity contribution in [3.05, 3.63) is 114 Å². The third-order valence-electron chi connectivity index (χ3n) is 6.42. The highest BCUT2D eigenvalue weighted by Crippen LogP contribution is 2.33. The average molecular weight is 511 g/mol. The second-order valence-corrected chi connectivity index (χ2v) is 10.5. The molecule has 0 unspecified atom stereocenters. The van der Waals surface area contributed by atoms with Gasteiger partial charge >= 0.3 is 5.97 Å². The van der Waals surface area contributed by atoms with E-state index in [0.29, 0.717) is 20.6 Å². The van der Waals surface area contributed by atoms with E-state index in [2.05, 4.69) is 35.3 Å². The first-order valence-electron chi connectivity index (χ1n) is 11.7. The maximum Gasteiger partial charge on any atom is 0.338 e. The molecule has 0 fully saturated rings. The van der Waals surface area contributed by atoms with Crippen molar-refractivity contribution in [3.8, 4) is 0 Å². The zero-order chi connectivity index (χ0) is 24.8. The van der Waals surface area contributed by atoms with Gasteiger partial charge in [0.2, 0.25) is 0 Å². The van der Waals surface area contributed by atoms with E-state index in [1.165, 1.54) is 22.7 Å². The summed E-state index contributed by atoms with van der Waals surface area (Å²) < 4.78 is 7.59. The number of benzene rings is 3. The van der Waals surface area contributed by atoms with E-state index >= 15 is 0 Å². The molecule has 0 bridgehead atoms. The number of allylic oxidation sites excluding steroid dienone is 1. The number of carbonyl (C=O) groups excluding carboxylic acids is 1. The zero-order valence-corrected chi connectivity index (χ0v) is 21.4. The Bertz CT molecular complexity index is 1810. The van der Waals surface area contributed by atoms with E-state index in [1.807, 2.05) is 54.8 Å². The van der Waals surface area contributed by atoms with Crippen LogP contribution in [0.2, 0.25) is 0 Å². The highest BCUT2D eigenvalue weighted by molar-refractivity contribution is 7.10. The van der Waals surface area contributed by atoms with Crippen LogP contribution in [0.3, 0.4) is 0 Å². The van der Waals surface area contributed by atoms with Gasteiger partial charge in [-0.1, -0.05) is 65.9 Å². The summed E-state index contributed by atoms with van der Waals surface area (Å²) >= 11 is 2.86. The molecule has 1 atom stereocenters. The minimum Gasteiger partial charge on any atom is -0.463 e. The lowest BCUT2D eigenvalue weighted by atomic mass is 9.96. The van der Waals surface area contributed by atoms with Crippen LogP contribution in [0.1, 0.15) is 30.3 Å². The molecule has 3 heterocycles. The molecule has 0 radical (unpaired) electrons. The first-order chi connectivity index (χ1) is 17.6. The third-order valence-corrected chi connectivity index (χ3v) is 8.33. The molecule has 7 heteroatoms. The number of thiazole rings is 1. The van der Waals surface area contributed by atoms with Gasteiger partial charge in [0, 0.05) is 4.88 Å². The van der Waals surface area contributed by atoms with Crippen LogP contribution >= 0.6 is 22.7 Å². The van der Waals surface area contributed by atoms with Crippen molar-refractivity contribution in [2.45, 2.75) is 19.9 Å². The summed E-state index contributed by atoms with van der Waals surface area (Å²) in [4.78, 5) is 33.1. The number of ether oxygens (including phenoxy) is 1. The van der Waals surface area contributed by atoms with Gasteiger partial charge in [-0.05, 0) is 64.5 Å². The van der Waals surface area contributed by atoms with Gasteiger partial charge in [0.1, 0.15) is 6.04 Å². The molecule has 178 valence electrons. The summed E-state index contributed by atoms with van der Waals surface area (Å²) in [6, 6.07) is 21.9. The highest BCUT2D eigenvalue weighted by atomic mass is 32.1. The molecule has 5 nitrogen and oxygen atoms in total. The number of fused-ring (bicyclic) bond motifs is 3. The largest absolute Gasteiger partial charge is 0.463 e. The number of rotatable bonds is 4. The molecule has 0 aliphatic carbocycles. The summed E-state index contributed by atoms with van der Waals surface area (Å²) in [5.74, 6) is -0.438. The van der Waals surface area contributed by atoms with Crippen molar-refractivity contribution in [3.63, 3.8) is 0 Å². The second-order valence-electron chi connectivity index (χ2n) is 8.55. The predicted octanol–water partition coefficient (Wildman–Crippen LogP) is 5.17. The molecule has 36 heavy (non-hydrogen) atoms. The molecular formula is C29H22N2O3S2. The normalized spacial score (nSPS) is 15.8. The Hall–Kier alpha value is -3.81. The van der Waals surface area contributed by atoms with Crippen LogP contribution < -0.4 is 14.9 Å². The average Bonchev–Trinajstić information content (AvgIpc) is 3.52. The number of nitrogens with zero attached hydrogens (tertiary/aromatic N) is 2. The Labute approximate surface area is 214 Å². The number of aromatic nitrogens is 1. The van der Waals surface area contributed by atoms with Crippen molar-refractivity contribution < 1.29 is 9.53 Å². The van der Waals surface area contributed by atoms with Crippen LogP contribution in [0.25, 0.3) is 27.6 Å². The smallest absolute Gasteiger partial charge is 0.338 e. The van der Waals surface area contributed by atoms with Crippen molar-refractivity contribution in [2.75, 3.05) is 6.61 Å². The molecule has 0 amide bonds. The van der Waals surface area contributed by atoms with Gasteiger partial charge in [-0.15, -0.1) is 11.3 Å². The summed E-state index contributed by atoms with van der Waals surface area (Å²) in [5.41, 5.74) is 1.83. The summed E-state index contributed by atoms with van der Waals surface area (Å²) in [6.45, 7) is 3.84. The lowest BCUT2D eigenvalue weighted by Crippen LogP contribution is -2.39. The van der Waals surface area contributed by atoms with E-state index in [4.69, 9.17) is 4.74 Å². The molecule has 6 rings (SSSR count). The molecule has 0 N–H and O–H groups in total. The van der Waals surface area contributed by atoms with E-state index in [0.717, 1.165) is 32.0 Å². The van der Waals surface area contributed by atoms with Crippen molar-refractivity contribution in [2.24, 2.45) is 4.99 Å². The van der Waals surface area contributed by atoms with Crippen LogP contribution in [0, 0.1) is 0 Å². The van der Waals surface area contributed by atoms with Gasteiger partial charge in [0.05, 0.1) is 22.4 Å². The number of thiophene rings is 1. The van der Waals surface area contributed by atoms with Crippen LogP contribution in [-0.2, 0) is 9.53 Å². The van der Waals surface area contributed by atoms with Crippen molar-refractivity contribution in [1.29, 1.82) is 0 Å².